The van der Waals surface area contributed by atoms with Crippen LogP contribution in [0, 0.1) is 5.41 Å². The number of hydrogen-bond donors (Lipinski definition) is 2. The molecule has 0 saturated carbocycles. The minimum atomic E-state index is -0.0672. The van der Waals surface area contributed by atoms with E-state index in [9.17, 15) is 5.11 Å². The molecule has 1 atom stereocenters. The topological polar surface area (TPSA) is 74.2 Å². The fraction of sp³-hybridized carbons (Fsp3) is 0.800. The first-order valence-electron chi connectivity index (χ1n) is 7.43. The highest BCUT2D eigenvalue weighted by Crippen LogP contribution is 2.23. The van der Waals surface area contributed by atoms with Crippen molar-refractivity contribution in [1.82, 2.24) is 15.0 Å². The average Bonchev–Trinajstić information content (AvgIpc) is 2.35. The van der Waals surface area contributed by atoms with E-state index < -0.39 is 0 Å². The van der Waals surface area contributed by atoms with Crippen molar-refractivity contribution in [3.8, 4) is 0 Å². The molecular weight excluding hydrogens is 266 g/mol. The van der Waals surface area contributed by atoms with E-state index in [-0.39, 0.29) is 24.0 Å². The summed E-state index contributed by atoms with van der Waals surface area (Å²) in [5.74, 6) is 2.13. The summed E-state index contributed by atoms with van der Waals surface area (Å²) in [5.41, 5.74) is 0.124. The fourth-order valence-electron chi connectivity index (χ4n) is 1.99. The molecule has 0 bridgehead atoms. The van der Waals surface area contributed by atoms with Crippen LogP contribution in [-0.4, -0.2) is 46.8 Å². The number of aromatic nitrogens is 3. The van der Waals surface area contributed by atoms with Crippen molar-refractivity contribution in [2.75, 3.05) is 30.9 Å². The lowest BCUT2D eigenvalue weighted by atomic mass is 9.88. The van der Waals surface area contributed by atoms with Crippen LogP contribution in [0.2, 0.25) is 0 Å². The monoisotopic (exact) mass is 295 g/mol. The number of aliphatic hydroxyl groups excluding tert-OH is 1. The maximum Gasteiger partial charge on any atom is 0.229 e. The van der Waals surface area contributed by atoms with Crippen LogP contribution in [0.25, 0.3) is 0 Å². The van der Waals surface area contributed by atoms with Crippen LogP contribution in [0.1, 0.15) is 52.8 Å². The summed E-state index contributed by atoms with van der Waals surface area (Å²) < 4.78 is 0. The Morgan fingerprint density at radius 1 is 1.14 bits per heavy atom. The Labute approximate surface area is 128 Å². The van der Waals surface area contributed by atoms with Crippen LogP contribution in [0.3, 0.4) is 0 Å². The summed E-state index contributed by atoms with van der Waals surface area (Å²) in [6.07, 6.45) is 0.837. The maximum absolute atomic E-state index is 9.56. The first-order valence-corrected chi connectivity index (χ1v) is 7.43. The molecule has 6 heteroatoms. The summed E-state index contributed by atoms with van der Waals surface area (Å²) in [4.78, 5) is 15.2. The molecule has 1 rings (SSSR count). The molecule has 1 heterocycles. The van der Waals surface area contributed by atoms with Crippen LogP contribution in [-0.2, 0) is 0 Å². The number of aliphatic hydroxyl groups is 1. The molecule has 0 aliphatic rings. The van der Waals surface area contributed by atoms with Crippen LogP contribution in [0.5, 0.6) is 0 Å². The van der Waals surface area contributed by atoms with Crippen LogP contribution >= 0.6 is 0 Å². The highest BCUT2D eigenvalue weighted by molar-refractivity contribution is 5.37. The van der Waals surface area contributed by atoms with Crippen molar-refractivity contribution in [3.63, 3.8) is 0 Å². The molecule has 0 fully saturated rings. The molecular formula is C15H29N5O. The first kappa shape index (κ1) is 17.6. The zero-order valence-electron chi connectivity index (χ0n) is 14.3. The third kappa shape index (κ3) is 5.83. The lowest BCUT2D eigenvalue weighted by molar-refractivity contribution is 0.233. The van der Waals surface area contributed by atoms with Gasteiger partial charge in [0.05, 0.1) is 12.6 Å². The van der Waals surface area contributed by atoms with Crippen LogP contribution in [0.15, 0.2) is 0 Å². The molecule has 2 N–H and O–H groups in total. The smallest absolute Gasteiger partial charge is 0.229 e. The van der Waals surface area contributed by atoms with Gasteiger partial charge in [-0.1, -0.05) is 34.6 Å². The van der Waals surface area contributed by atoms with E-state index in [2.05, 4.69) is 54.9 Å². The van der Waals surface area contributed by atoms with Gasteiger partial charge in [-0.3, -0.25) is 0 Å². The third-order valence-electron chi connectivity index (χ3n) is 2.97. The lowest BCUT2D eigenvalue weighted by Gasteiger charge is -2.26. The SMILES string of the molecule is CC(C)c1nc(NC(CO)CC(C)(C)C)nc(N(C)C)n1. The Bertz CT molecular complexity index is 428. The van der Waals surface area contributed by atoms with E-state index in [1.165, 1.54) is 0 Å². The second-order valence-corrected chi connectivity index (χ2v) is 7.15. The molecule has 0 aliphatic heterocycles. The van der Waals surface area contributed by atoms with E-state index in [4.69, 9.17) is 0 Å². The normalized spacial score (nSPS) is 13.4. The summed E-state index contributed by atoms with van der Waals surface area (Å²) >= 11 is 0. The van der Waals surface area contributed by atoms with E-state index in [1.807, 2.05) is 19.0 Å². The molecule has 0 radical (unpaired) electrons. The number of nitrogens with one attached hydrogen (secondary N) is 1. The second kappa shape index (κ2) is 7.02. The van der Waals surface area contributed by atoms with Crippen molar-refractivity contribution in [2.24, 2.45) is 5.41 Å². The number of nitrogens with zero attached hydrogens (tertiary/aromatic N) is 4. The van der Waals surface area contributed by atoms with Crippen molar-refractivity contribution >= 4 is 11.9 Å². The zero-order chi connectivity index (χ0) is 16.2. The Morgan fingerprint density at radius 2 is 1.76 bits per heavy atom. The predicted octanol–water partition coefficient (Wildman–Crippen LogP) is 2.27. The Hall–Kier alpha value is -1.43. The van der Waals surface area contributed by atoms with Gasteiger partial charge in [0.1, 0.15) is 5.82 Å². The Kier molecular flexibility index (Phi) is 5.89. The van der Waals surface area contributed by atoms with Crippen molar-refractivity contribution in [1.29, 1.82) is 0 Å². The van der Waals surface area contributed by atoms with E-state index in [0.29, 0.717) is 11.9 Å². The molecule has 1 aromatic heterocycles. The minimum Gasteiger partial charge on any atom is -0.394 e. The zero-order valence-corrected chi connectivity index (χ0v) is 14.3. The molecule has 1 aromatic rings. The fourth-order valence-corrected chi connectivity index (χ4v) is 1.99. The standard InChI is InChI=1S/C15H29N5O/c1-10(2)12-17-13(19-14(18-12)20(6)7)16-11(9-21)8-15(3,4)5/h10-11,21H,8-9H2,1-7H3,(H,16,17,18,19). The molecule has 0 aromatic carbocycles. The molecule has 0 spiro atoms. The quantitative estimate of drug-likeness (QED) is 0.838. The summed E-state index contributed by atoms with van der Waals surface area (Å²) in [6.45, 7) is 10.6. The number of hydrogen-bond acceptors (Lipinski definition) is 6. The molecule has 0 amide bonds. The van der Waals surface area contributed by atoms with E-state index in [1.54, 1.807) is 0 Å². The van der Waals surface area contributed by atoms with Gasteiger partial charge in [-0.25, -0.2) is 0 Å². The highest BCUT2D eigenvalue weighted by atomic mass is 16.3. The number of anilines is 2. The van der Waals surface area contributed by atoms with Gasteiger partial charge < -0.3 is 15.3 Å². The average molecular weight is 295 g/mol. The number of rotatable bonds is 6. The Balaban J connectivity index is 3.00. The summed E-state index contributed by atoms with van der Waals surface area (Å²) in [6, 6.07) is -0.0672. The van der Waals surface area contributed by atoms with E-state index >= 15 is 0 Å². The molecule has 21 heavy (non-hydrogen) atoms. The van der Waals surface area contributed by atoms with Gasteiger partial charge in [0, 0.05) is 20.0 Å². The lowest BCUT2D eigenvalue weighted by Crippen LogP contribution is -2.30. The summed E-state index contributed by atoms with van der Waals surface area (Å²) in [5, 5.41) is 12.8. The van der Waals surface area contributed by atoms with Gasteiger partial charge in [0.25, 0.3) is 0 Å². The predicted molar refractivity (Wildman–Crippen MR) is 86.8 cm³/mol. The third-order valence-corrected chi connectivity index (χ3v) is 2.97. The van der Waals surface area contributed by atoms with Gasteiger partial charge in [-0.2, -0.15) is 15.0 Å². The van der Waals surface area contributed by atoms with Gasteiger partial charge in [0.2, 0.25) is 11.9 Å². The van der Waals surface area contributed by atoms with Gasteiger partial charge in [-0.15, -0.1) is 0 Å². The molecule has 120 valence electrons. The first-order chi connectivity index (χ1) is 9.62. The van der Waals surface area contributed by atoms with E-state index in [0.717, 1.165) is 12.2 Å². The van der Waals surface area contributed by atoms with Crippen molar-refractivity contribution < 1.29 is 5.11 Å². The van der Waals surface area contributed by atoms with Gasteiger partial charge >= 0.3 is 0 Å². The maximum atomic E-state index is 9.56. The van der Waals surface area contributed by atoms with Crippen molar-refractivity contribution in [3.05, 3.63) is 5.82 Å². The summed E-state index contributed by atoms with van der Waals surface area (Å²) in [7, 11) is 3.81. The van der Waals surface area contributed by atoms with Gasteiger partial charge in [0.15, 0.2) is 0 Å². The minimum absolute atomic E-state index is 0.0528. The van der Waals surface area contributed by atoms with Crippen LogP contribution < -0.4 is 10.2 Å². The second-order valence-electron chi connectivity index (χ2n) is 7.15. The molecule has 1 unspecified atom stereocenters. The molecule has 0 saturated heterocycles. The molecule has 0 aliphatic carbocycles. The molecule has 6 nitrogen and oxygen atoms in total. The van der Waals surface area contributed by atoms with Crippen LogP contribution in [0.4, 0.5) is 11.9 Å². The highest BCUT2D eigenvalue weighted by Gasteiger charge is 2.20. The van der Waals surface area contributed by atoms with Crippen molar-refractivity contribution in [2.45, 2.75) is 53.0 Å². The Morgan fingerprint density at radius 3 is 2.19 bits per heavy atom. The largest absolute Gasteiger partial charge is 0.394 e. The van der Waals surface area contributed by atoms with Gasteiger partial charge in [-0.05, 0) is 11.8 Å².